The van der Waals surface area contributed by atoms with Gasteiger partial charge in [0, 0.05) is 24.0 Å². The third kappa shape index (κ3) is 3.41. The lowest BCUT2D eigenvalue weighted by Crippen LogP contribution is -2.40. The van der Waals surface area contributed by atoms with Gasteiger partial charge in [0.25, 0.3) is 0 Å². The number of nitrogens with zero attached hydrogens (tertiary/aromatic N) is 3. The lowest BCUT2D eigenvalue weighted by molar-refractivity contribution is -0.131. The van der Waals surface area contributed by atoms with Crippen molar-refractivity contribution in [2.75, 3.05) is 13.1 Å². The molecule has 4 rings (SSSR count). The molecule has 0 bridgehead atoms. The molecule has 2 aromatic heterocycles. The maximum Gasteiger partial charge on any atom is 0.339 e. The highest BCUT2D eigenvalue weighted by Gasteiger charge is 2.27. The molecule has 0 spiro atoms. The fraction of sp³-hybridized carbons (Fsp3) is 0.409. The Labute approximate surface area is 168 Å². The molecule has 1 fully saturated rings. The van der Waals surface area contributed by atoms with Crippen LogP contribution >= 0.6 is 0 Å². The van der Waals surface area contributed by atoms with Crippen molar-refractivity contribution in [2.24, 2.45) is 0 Å². The number of aryl methyl sites for hydroxylation is 2. The number of likely N-dealkylation sites (tertiary alicyclic amines) is 1. The maximum atomic E-state index is 12.8. The number of carbonyl (C=O) groups is 2. The smallest absolute Gasteiger partial charge is 0.339 e. The second kappa shape index (κ2) is 7.39. The topological polar surface area (TPSA) is 88.6 Å². The molecule has 1 aromatic carbocycles. The Bertz CT molecular complexity index is 1090. The number of aromatic nitrogens is 2. The van der Waals surface area contributed by atoms with E-state index in [9.17, 15) is 14.7 Å². The zero-order valence-electron chi connectivity index (χ0n) is 16.9. The van der Waals surface area contributed by atoms with Crippen LogP contribution in [0.25, 0.3) is 11.0 Å². The summed E-state index contributed by atoms with van der Waals surface area (Å²) in [5.41, 5.74) is 4.96. The highest BCUT2D eigenvalue weighted by Crippen LogP contribution is 2.28. The van der Waals surface area contributed by atoms with Gasteiger partial charge < -0.3 is 14.4 Å². The van der Waals surface area contributed by atoms with Crippen LogP contribution in [0, 0.1) is 20.8 Å². The summed E-state index contributed by atoms with van der Waals surface area (Å²) in [7, 11) is 0. The molecule has 29 heavy (non-hydrogen) atoms. The number of piperidine rings is 1. The maximum absolute atomic E-state index is 12.8. The van der Waals surface area contributed by atoms with E-state index < -0.39 is 5.97 Å². The minimum absolute atomic E-state index is 0.0905. The van der Waals surface area contributed by atoms with Crippen LogP contribution in [0.5, 0.6) is 0 Å². The molecule has 3 aromatic rings. The number of carbonyl (C=O) groups excluding carboxylic acids is 1. The lowest BCUT2D eigenvalue weighted by atomic mass is 10.0. The number of rotatable bonds is 4. The first-order chi connectivity index (χ1) is 13.9. The Balaban J connectivity index is 1.42. The summed E-state index contributed by atoms with van der Waals surface area (Å²) >= 11 is 0. The Morgan fingerprint density at radius 2 is 1.93 bits per heavy atom. The molecule has 0 unspecified atom stereocenters. The van der Waals surface area contributed by atoms with Gasteiger partial charge in [-0.1, -0.05) is 12.1 Å². The number of benzene rings is 1. The predicted molar refractivity (Wildman–Crippen MR) is 108 cm³/mol. The van der Waals surface area contributed by atoms with Crippen molar-refractivity contribution in [1.82, 2.24) is 14.7 Å². The number of hydrogen-bond acceptors (Lipinski definition) is 4. The van der Waals surface area contributed by atoms with Gasteiger partial charge in [0.05, 0.1) is 30.6 Å². The van der Waals surface area contributed by atoms with Gasteiger partial charge in [-0.05, 0) is 44.7 Å². The zero-order chi connectivity index (χ0) is 20.7. The van der Waals surface area contributed by atoms with Crippen molar-refractivity contribution in [3.63, 3.8) is 0 Å². The van der Waals surface area contributed by atoms with Gasteiger partial charge in [-0.25, -0.2) is 4.79 Å². The summed E-state index contributed by atoms with van der Waals surface area (Å²) in [6.45, 7) is 7.14. The minimum atomic E-state index is -0.959. The monoisotopic (exact) mass is 395 g/mol. The number of fused-ring (bicyclic) bond motifs is 1. The van der Waals surface area contributed by atoms with E-state index in [1.807, 2.05) is 24.8 Å². The first kappa shape index (κ1) is 19.2. The Hall–Kier alpha value is -3.09. The third-order valence-electron chi connectivity index (χ3n) is 6.12. The summed E-state index contributed by atoms with van der Waals surface area (Å²) in [6, 6.07) is 4.20. The second-order valence-corrected chi connectivity index (χ2v) is 7.83. The van der Waals surface area contributed by atoms with Crippen LogP contribution in [-0.2, 0) is 11.2 Å². The Morgan fingerprint density at radius 1 is 1.21 bits per heavy atom. The Kier molecular flexibility index (Phi) is 4.90. The average molecular weight is 395 g/mol. The van der Waals surface area contributed by atoms with E-state index in [0.29, 0.717) is 25.2 Å². The standard InChI is InChI=1S/C22H25N3O4/c1-13-4-5-18-16(12-29-21(18)14(13)2)10-20(26)24-8-6-17(7-9-24)25-15(3)19(11-23-25)22(27)28/h4-5,11-12,17H,6-10H2,1-3H3,(H,27,28). The van der Waals surface area contributed by atoms with Crippen LogP contribution in [0.1, 0.15) is 51.6 Å². The van der Waals surface area contributed by atoms with Crippen molar-refractivity contribution >= 4 is 22.8 Å². The SMILES string of the molecule is Cc1ccc2c(CC(=O)N3CCC(n4ncc(C(=O)O)c4C)CC3)coc2c1C. The van der Waals surface area contributed by atoms with Crippen molar-refractivity contribution in [2.45, 2.75) is 46.1 Å². The van der Waals surface area contributed by atoms with Gasteiger partial charge in [-0.3, -0.25) is 9.48 Å². The Morgan fingerprint density at radius 3 is 2.59 bits per heavy atom. The molecule has 1 N–H and O–H groups in total. The van der Waals surface area contributed by atoms with Gasteiger partial charge in [0.2, 0.25) is 5.91 Å². The van der Waals surface area contributed by atoms with Crippen molar-refractivity contribution in [3.8, 4) is 0 Å². The first-order valence-corrected chi connectivity index (χ1v) is 9.88. The molecular weight excluding hydrogens is 370 g/mol. The van der Waals surface area contributed by atoms with E-state index in [-0.39, 0.29) is 17.5 Å². The summed E-state index contributed by atoms with van der Waals surface area (Å²) in [5, 5.41) is 14.5. The minimum Gasteiger partial charge on any atom is -0.478 e. The van der Waals surface area contributed by atoms with Gasteiger partial charge in [-0.15, -0.1) is 0 Å². The average Bonchev–Trinajstić information content (AvgIpc) is 3.29. The molecule has 1 aliphatic heterocycles. The quantitative estimate of drug-likeness (QED) is 0.728. The highest BCUT2D eigenvalue weighted by molar-refractivity contribution is 5.90. The number of carboxylic acid groups (broad SMARTS) is 1. The summed E-state index contributed by atoms with van der Waals surface area (Å²) in [4.78, 5) is 26.0. The van der Waals surface area contributed by atoms with Gasteiger partial charge in [-0.2, -0.15) is 5.10 Å². The molecule has 0 saturated carbocycles. The van der Waals surface area contributed by atoms with Gasteiger partial charge in [0.1, 0.15) is 11.1 Å². The molecule has 7 nitrogen and oxygen atoms in total. The molecule has 7 heteroatoms. The zero-order valence-corrected chi connectivity index (χ0v) is 16.9. The highest BCUT2D eigenvalue weighted by atomic mass is 16.4. The number of furan rings is 1. The number of amides is 1. The van der Waals surface area contributed by atoms with Crippen LogP contribution in [0.3, 0.4) is 0 Å². The van der Waals surface area contributed by atoms with Crippen molar-refractivity contribution < 1.29 is 19.1 Å². The van der Waals surface area contributed by atoms with E-state index in [1.54, 1.807) is 17.9 Å². The molecule has 0 atom stereocenters. The molecule has 1 saturated heterocycles. The molecule has 0 radical (unpaired) electrons. The van der Waals surface area contributed by atoms with Crippen LogP contribution in [0.15, 0.2) is 29.0 Å². The van der Waals surface area contributed by atoms with Gasteiger partial charge >= 0.3 is 5.97 Å². The van der Waals surface area contributed by atoms with E-state index in [1.165, 1.54) is 11.8 Å². The van der Waals surface area contributed by atoms with Gasteiger partial charge in [0.15, 0.2) is 0 Å². The summed E-state index contributed by atoms with van der Waals surface area (Å²) in [5.74, 6) is -0.869. The first-order valence-electron chi connectivity index (χ1n) is 9.88. The van der Waals surface area contributed by atoms with E-state index in [2.05, 4.69) is 11.2 Å². The van der Waals surface area contributed by atoms with E-state index >= 15 is 0 Å². The normalized spacial score (nSPS) is 15.2. The second-order valence-electron chi connectivity index (χ2n) is 7.83. The summed E-state index contributed by atoms with van der Waals surface area (Å²) in [6.07, 6.45) is 4.95. The third-order valence-corrected chi connectivity index (χ3v) is 6.12. The fourth-order valence-corrected chi connectivity index (χ4v) is 4.16. The number of aromatic carboxylic acids is 1. The van der Waals surface area contributed by atoms with E-state index in [4.69, 9.17) is 4.42 Å². The molecule has 1 amide bonds. The molecular formula is C22H25N3O4. The largest absolute Gasteiger partial charge is 0.478 e. The predicted octanol–water partition coefficient (Wildman–Crippen LogP) is 3.66. The van der Waals surface area contributed by atoms with Crippen LogP contribution < -0.4 is 0 Å². The van der Waals surface area contributed by atoms with E-state index in [0.717, 1.165) is 34.9 Å². The van der Waals surface area contributed by atoms with Crippen molar-refractivity contribution in [3.05, 3.63) is 52.5 Å². The number of hydrogen-bond donors (Lipinski definition) is 1. The van der Waals surface area contributed by atoms with Crippen LogP contribution in [-0.4, -0.2) is 44.8 Å². The molecule has 0 aliphatic carbocycles. The molecule has 3 heterocycles. The van der Waals surface area contributed by atoms with Crippen LogP contribution in [0.2, 0.25) is 0 Å². The fourth-order valence-electron chi connectivity index (χ4n) is 4.16. The lowest BCUT2D eigenvalue weighted by Gasteiger charge is -2.32. The molecule has 1 aliphatic rings. The van der Waals surface area contributed by atoms with Crippen LogP contribution in [0.4, 0.5) is 0 Å². The molecule has 152 valence electrons. The van der Waals surface area contributed by atoms with Crippen molar-refractivity contribution in [1.29, 1.82) is 0 Å². The summed E-state index contributed by atoms with van der Waals surface area (Å²) < 4.78 is 7.52. The number of carboxylic acids is 1.